The van der Waals surface area contributed by atoms with Crippen LogP contribution in [0.25, 0.3) is 0 Å². The molecule has 0 aromatic rings. The van der Waals surface area contributed by atoms with Crippen molar-refractivity contribution in [2.75, 3.05) is 6.61 Å². The van der Waals surface area contributed by atoms with Gasteiger partial charge in [-0.2, -0.15) is 0 Å². The third kappa shape index (κ3) is 4.51. The molecule has 0 unspecified atom stereocenters. The van der Waals surface area contributed by atoms with Gasteiger partial charge in [0.05, 0.1) is 12.4 Å². The molecule has 0 bridgehead atoms. The molecule has 0 aromatic carbocycles. The summed E-state index contributed by atoms with van der Waals surface area (Å²) in [7, 11) is 0. The van der Waals surface area contributed by atoms with E-state index in [2.05, 4.69) is 35.0 Å². The monoisotopic (exact) mass is 244 g/mol. The van der Waals surface area contributed by atoms with Crippen molar-refractivity contribution in [3.8, 4) is 0 Å². The highest BCUT2D eigenvalue weighted by atomic mass is 79.9. The second kappa shape index (κ2) is 6.25. The summed E-state index contributed by atoms with van der Waals surface area (Å²) in [5, 5.41) is 0. The predicted octanol–water partition coefficient (Wildman–Crippen LogP) is 4.15. The molecule has 0 aliphatic heterocycles. The zero-order valence-corrected chi connectivity index (χ0v) is 9.77. The first-order valence-electron chi connectivity index (χ1n) is 5.01. The van der Waals surface area contributed by atoms with Crippen molar-refractivity contribution in [3.05, 3.63) is 22.4 Å². The maximum atomic E-state index is 5.63. The highest BCUT2D eigenvalue weighted by Gasteiger charge is 2.04. The van der Waals surface area contributed by atoms with Gasteiger partial charge in [0.15, 0.2) is 0 Å². The number of hydrogen-bond acceptors (Lipinski definition) is 1. The van der Waals surface area contributed by atoms with E-state index in [4.69, 9.17) is 4.74 Å². The minimum Gasteiger partial charge on any atom is -0.498 e. The van der Waals surface area contributed by atoms with Crippen LogP contribution in [0.3, 0.4) is 0 Å². The van der Waals surface area contributed by atoms with Crippen molar-refractivity contribution in [2.45, 2.75) is 39.0 Å². The summed E-state index contributed by atoms with van der Waals surface area (Å²) in [5.74, 6) is 1.14. The third-order valence-corrected chi connectivity index (χ3v) is 2.76. The Kier molecular flexibility index (Phi) is 5.21. The molecule has 0 spiro atoms. The van der Waals surface area contributed by atoms with Crippen LogP contribution >= 0.6 is 15.9 Å². The van der Waals surface area contributed by atoms with Gasteiger partial charge in [0.25, 0.3) is 0 Å². The highest BCUT2D eigenvalue weighted by molar-refractivity contribution is 9.11. The van der Waals surface area contributed by atoms with Crippen molar-refractivity contribution in [1.29, 1.82) is 0 Å². The van der Waals surface area contributed by atoms with Gasteiger partial charge in [-0.1, -0.05) is 35.7 Å². The number of allylic oxidation sites excluding steroid dienone is 4. The van der Waals surface area contributed by atoms with Gasteiger partial charge < -0.3 is 4.74 Å². The SMILES string of the molecule is CCCCCOC1=CC=C(Br)CC1. The van der Waals surface area contributed by atoms with Crippen LogP contribution in [0.5, 0.6) is 0 Å². The Balaban J connectivity index is 2.15. The van der Waals surface area contributed by atoms with E-state index in [9.17, 15) is 0 Å². The standard InChI is InChI=1S/C11H17BrO/c1-2-3-4-9-13-11-7-5-10(12)6-8-11/h5,7H,2-4,6,8-9H2,1H3. The Morgan fingerprint density at radius 3 is 2.77 bits per heavy atom. The lowest BCUT2D eigenvalue weighted by Gasteiger charge is -2.12. The summed E-state index contributed by atoms with van der Waals surface area (Å²) < 4.78 is 6.90. The summed E-state index contributed by atoms with van der Waals surface area (Å²) >= 11 is 3.47. The fourth-order valence-corrected chi connectivity index (χ4v) is 1.60. The average Bonchev–Trinajstić information content (AvgIpc) is 2.15. The Bertz CT molecular complexity index is 206. The third-order valence-electron chi connectivity index (χ3n) is 2.10. The minimum atomic E-state index is 0.880. The Labute approximate surface area is 89.0 Å². The van der Waals surface area contributed by atoms with E-state index in [0.29, 0.717) is 0 Å². The Morgan fingerprint density at radius 1 is 1.31 bits per heavy atom. The average molecular weight is 245 g/mol. The first-order valence-corrected chi connectivity index (χ1v) is 5.80. The molecule has 1 aliphatic carbocycles. The molecule has 0 fully saturated rings. The van der Waals surface area contributed by atoms with E-state index in [1.807, 2.05) is 0 Å². The lowest BCUT2D eigenvalue weighted by Crippen LogP contribution is -1.97. The molecule has 0 aromatic heterocycles. The molecular formula is C11H17BrO. The molecule has 13 heavy (non-hydrogen) atoms. The van der Waals surface area contributed by atoms with Crippen LogP contribution in [0, 0.1) is 0 Å². The molecular weight excluding hydrogens is 228 g/mol. The predicted molar refractivity (Wildman–Crippen MR) is 59.8 cm³/mol. The molecule has 0 saturated heterocycles. The largest absolute Gasteiger partial charge is 0.498 e. The van der Waals surface area contributed by atoms with Gasteiger partial charge in [0, 0.05) is 6.42 Å². The quantitative estimate of drug-likeness (QED) is 0.661. The lowest BCUT2D eigenvalue weighted by atomic mass is 10.1. The van der Waals surface area contributed by atoms with Gasteiger partial charge in [0.2, 0.25) is 0 Å². The van der Waals surface area contributed by atoms with Gasteiger partial charge in [0.1, 0.15) is 0 Å². The van der Waals surface area contributed by atoms with Crippen LogP contribution in [0.1, 0.15) is 39.0 Å². The minimum absolute atomic E-state index is 0.880. The van der Waals surface area contributed by atoms with Crippen LogP contribution < -0.4 is 0 Å². The van der Waals surface area contributed by atoms with Crippen molar-refractivity contribution in [2.24, 2.45) is 0 Å². The van der Waals surface area contributed by atoms with Gasteiger partial charge in [-0.25, -0.2) is 0 Å². The number of halogens is 1. The zero-order valence-electron chi connectivity index (χ0n) is 8.18. The number of unbranched alkanes of at least 4 members (excludes halogenated alkanes) is 2. The van der Waals surface area contributed by atoms with Gasteiger partial charge in [-0.15, -0.1) is 0 Å². The van der Waals surface area contributed by atoms with E-state index in [1.54, 1.807) is 0 Å². The summed E-state index contributed by atoms with van der Waals surface area (Å²) in [5.41, 5.74) is 0. The molecule has 0 N–H and O–H groups in total. The summed E-state index contributed by atoms with van der Waals surface area (Å²) in [6.07, 6.45) is 9.99. The van der Waals surface area contributed by atoms with E-state index >= 15 is 0 Å². The molecule has 1 aliphatic rings. The second-order valence-corrected chi connectivity index (χ2v) is 4.32. The summed E-state index contributed by atoms with van der Waals surface area (Å²) in [6.45, 7) is 3.09. The first kappa shape index (κ1) is 10.8. The zero-order chi connectivity index (χ0) is 9.52. The maximum Gasteiger partial charge on any atom is 0.0963 e. The van der Waals surface area contributed by atoms with Crippen LogP contribution in [0.4, 0.5) is 0 Å². The van der Waals surface area contributed by atoms with Crippen molar-refractivity contribution in [3.63, 3.8) is 0 Å². The lowest BCUT2D eigenvalue weighted by molar-refractivity contribution is 0.196. The fraction of sp³-hybridized carbons (Fsp3) is 0.636. The van der Waals surface area contributed by atoms with Gasteiger partial charge in [-0.3, -0.25) is 0 Å². The van der Waals surface area contributed by atoms with Gasteiger partial charge >= 0.3 is 0 Å². The van der Waals surface area contributed by atoms with Crippen LogP contribution in [-0.2, 0) is 4.74 Å². The number of rotatable bonds is 5. The molecule has 2 heteroatoms. The van der Waals surface area contributed by atoms with Crippen LogP contribution in [-0.4, -0.2) is 6.61 Å². The molecule has 74 valence electrons. The maximum absolute atomic E-state index is 5.63. The molecule has 1 nitrogen and oxygen atoms in total. The van der Waals surface area contributed by atoms with E-state index < -0.39 is 0 Å². The molecule has 0 atom stereocenters. The van der Waals surface area contributed by atoms with Crippen molar-refractivity contribution >= 4 is 15.9 Å². The fourth-order valence-electron chi connectivity index (χ4n) is 1.27. The molecule has 0 radical (unpaired) electrons. The van der Waals surface area contributed by atoms with E-state index in [0.717, 1.165) is 25.2 Å². The topological polar surface area (TPSA) is 9.23 Å². The van der Waals surface area contributed by atoms with Crippen LogP contribution in [0.15, 0.2) is 22.4 Å². The molecule has 1 rings (SSSR count). The van der Waals surface area contributed by atoms with Gasteiger partial charge in [-0.05, 0) is 29.5 Å². The Morgan fingerprint density at radius 2 is 2.15 bits per heavy atom. The second-order valence-electron chi connectivity index (χ2n) is 3.30. The molecule has 0 amide bonds. The van der Waals surface area contributed by atoms with Crippen molar-refractivity contribution < 1.29 is 4.74 Å². The van der Waals surface area contributed by atoms with E-state index in [1.165, 1.54) is 23.7 Å². The molecule has 0 heterocycles. The summed E-state index contributed by atoms with van der Waals surface area (Å²) in [6, 6.07) is 0. The first-order chi connectivity index (χ1) is 6.33. The Hall–Kier alpha value is -0.240. The van der Waals surface area contributed by atoms with E-state index in [-0.39, 0.29) is 0 Å². The van der Waals surface area contributed by atoms with Crippen LogP contribution in [0.2, 0.25) is 0 Å². The number of hydrogen-bond donors (Lipinski definition) is 0. The highest BCUT2D eigenvalue weighted by Crippen LogP contribution is 2.23. The summed E-state index contributed by atoms with van der Waals surface area (Å²) in [4.78, 5) is 0. The normalized spacial score (nSPS) is 16.5. The smallest absolute Gasteiger partial charge is 0.0963 e. The molecule has 0 saturated carbocycles. The van der Waals surface area contributed by atoms with Crippen molar-refractivity contribution in [1.82, 2.24) is 0 Å². The number of ether oxygens (including phenoxy) is 1.